The van der Waals surface area contributed by atoms with Crippen LogP contribution < -0.4 is 31.8 Å². The molecule has 2 heterocycles. The Hall–Kier alpha value is -2.29. The number of aryl methyl sites for hydroxylation is 1. The average Bonchev–Trinajstić information content (AvgIpc) is 2.80. The molecule has 0 bridgehead atoms. The number of fused-ring (bicyclic) bond motifs is 1. The predicted molar refractivity (Wildman–Crippen MR) is 71.3 cm³/mol. The predicted octanol–water partition coefficient (Wildman–Crippen LogP) is -0.978. The number of hydrogen-bond acceptors (Lipinski definition) is 2. The van der Waals surface area contributed by atoms with Crippen molar-refractivity contribution in [2.75, 3.05) is 0 Å². The maximum Gasteiger partial charge on any atom is 0.573 e. The Balaban J connectivity index is 0.00000192. The standard InChI is InChI=1S/C14H10F3N3O2.BrH/c1-19-6-7-20-8-11(18-12(21)13(19)20)9-2-4-10(5-3-9)22-14(15,16)17;/h2-8H,1H3;1H. The summed E-state index contributed by atoms with van der Waals surface area (Å²) >= 11 is 0. The Morgan fingerprint density at radius 1 is 1.22 bits per heavy atom. The van der Waals surface area contributed by atoms with Gasteiger partial charge in [-0.1, -0.05) is 0 Å². The second-order valence-corrected chi connectivity index (χ2v) is 4.71. The number of imidazole rings is 1. The molecule has 23 heavy (non-hydrogen) atoms. The van der Waals surface area contributed by atoms with Crippen molar-refractivity contribution < 1.29 is 39.5 Å². The van der Waals surface area contributed by atoms with Gasteiger partial charge in [0.25, 0.3) is 0 Å². The molecule has 0 aliphatic rings. The highest BCUT2D eigenvalue weighted by atomic mass is 79.9. The van der Waals surface area contributed by atoms with Crippen molar-refractivity contribution in [2.45, 2.75) is 6.36 Å². The zero-order valence-corrected chi connectivity index (χ0v) is 13.4. The molecule has 0 saturated carbocycles. The van der Waals surface area contributed by atoms with Crippen LogP contribution in [0, 0.1) is 0 Å². The Morgan fingerprint density at radius 3 is 2.48 bits per heavy atom. The van der Waals surface area contributed by atoms with Crippen LogP contribution in [0.1, 0.15) is 0 Å². The van der Waals surface area contributed by atoms with Crippen LogP contribution in [0.25, 0.3) is 16.9 Å². The fourth-order valence-corrected chi connectivity index (χ4v) is 2.21. The third-order valence-corrected chi connectivity index (χ3v) is 3.15. The summed E-state index contributed by atoms with van der Waals surface area (Å²) in [5, 5.41) is 0. The number of aromatic nitrogens is 3. The lowest BCUT2D eigenvalue weighted by Crippen LogP contribution is -3.00. The molecule has 122 valence electrons. The van der Waals surface area contributed by atoms with Crippen LogP contribution in [0.15, 0.2) is 47.7 Å². The van der Waals surface area contributed by atoms with Crippen molar-refractivity contribution in [1.29, 1.82) is 0 Å². The Labute approximate surface area is 138 Å². The van der Waals surface area contributed by atoms with Gasteiger partial charge in [-0.05, 0) is 24.3 Å². The van der Waals surface area contributed by atoms with Crippen molar-refractivity contribution >= 4 is 5.65 Å². The molecule has 5 nitrogen and oxygen atoms in total. The maximum atomic E-state index is 12.1. The van der Waals surface area contributed by atoms with Gasteiger partial charge in [0.15, 0.2) is 0 Å². The molecule has 0 unspecified atom stereocenters. The van der Waals surface area contributed by atoms with Gasteiger partial charge in [-0.25, -0.2) is 4.57 Å². The Morgan fingerprint density at radius 2 is 1.87 bits per heavy atom. The largest absolute Gasteiger partial charge is 1.00 e. The van der Waals surface area contributed by atoms with Crippen LogP contribution in [0.5, 0.6) is 5.75 Å². The summed E-state index contributed by atoms with van der Waals surface area (Å²) in [4.78, 5) is 14.7. The maximum absolute atomic E-state index is 12.1. The van der Waals surface area contributed by atoms with E-state index >= 15 is 0 Å². The molecule has 0 saturated heterocycles. The van der Waals surface area contributed by atoms with Crippen LogP contribution in [0.3, 0.4) is 0 Å². The van der Waals surface area contributed by atoms with Gasteiger partial charge in [-0.3, -0.25) is 4.79 Å². The summed E-state index contributed by atoms with van der Waals surface area (Å²) in [7, 11) is 1.74. The molecule has 0 fully saturated rings. The summed E-state index contributed by atoms with van der Waals surface area (Å²) in [6.45, 7) is 0. The van der Waals surface area contributed by atoms with E-state index in [4.69, 9.17) is 0 Å². The van der Waals surface area contributed by atoms with Gasteiger partial charge in [0.1, 0.15) is 24.3 Å². The molecule has 0 aliphatic heterocycles. The number of rotatable bonds is 2. The van der Waals surface area contributed by atoms with Crippen molar-refractivity contribution in [1.82, 2.24) is 9.38 Å². The second-order valence-electron chi connectivity index (χ2n) is 4.71. The van der Waals surface area contributed by atoms with E-state index in [2.05, 4.69) is 9.72 Å². The fraction of sp³-hybridized carbons (Fsp3) is 0.143. The first-order valence-electron chi connectivity index (χ1n) is 6.29. The van der Waals surface area contributed by atoms with Crippen molar-refractivity contribution in [3.05, 3.63) is 53.2 Å². The van der Waals surface area contributed by atoms with Gasteiger partial charge in [0, 0.05) is 5.56 Å². The average molecular weight is 390 g/mol. The minimum Gasteiger partial charge on any atom is -1.00 e. The molecular weight excluding hydrogens is 379 g/mol. The van der Waals surface area contributed by atoms with E-state index in [0.717, 1.165) is 0 Å². The lowest BCUT2D eigenvalue weighted by Gasteiger charge is -2.09. The SMILES string of the molecule is C[n+]1ccn2cc(-c3ccc(OC(F)(F)F)cc3)[nH]c(=O)c21.[Br-]. The first kappa shape index (κ1) is 17.1. The normalized spacial score (nSPS) is 11.3. The van der Waals surface area contributed by atoms with Crippen LogP contribution in [0.2, 0.25) is 0 Å². The molecular formula is C14H11BrF3N3O2. The molecule has 0 radical (unpaired) electrons. The Bertz CT molecular complexity index is 885. The van der Waals surface area contributed by atoms with E-state index in [1.807, 2.05) is 0 Å². The summed E-state index contributed by atoms with van der Waals surface area (Å²) < 4.78 is 43.5. The number of hydrogen-bond donors (Lipinski definition) is 1. The summed E-state index contributed by atoms with van der Waals surface area (Å²) in [6, 6.07) is 5.28. The number of nitrogens with one attached hydrogen (secondary N) is 1. The summed E-state index contributed by atoms with van der Waals surface area (Å²) in [5.74, 6) is -0.313. The minimum atomic E-state index is -4.73. The summed E-state index contributed by atoms with van der Waals surface area (Å²) in [5.41, 5.74) is 1.23. The molecule has 3 aromatic rings. The minimum absolute atomic E-state index is 0. The van der Waals surface area contributed by atoms with Gasteiger partial charge in [-0.15, -0.1) is 13.2 Å². The van der Waals surface area contributed by atoms with E-state index in [9.17, 15) is 18.0 Å². The van der Waals surface area contributed by atoms with Crippen molar-refractivity contribution in [3.63, 3.8) is 0 Å². The van der Waals surface area contributed by atoms with Crippen molar-refractivity contribution in [2.24, 2.45) is 7.05 Å². The van der Waals surface area contributed by atoms with E-state index in [1.54, 1.807) is 34.6 Å². The zero-order chi connectivity index (χ0) is 15.9. The molecule has 0 atom stereocenters. The van der Waals surface area contributed by atoms with Crippen LogP contribution >= 0.6 is 0 Å². The van der Waals surface area contributed by atoms with Crippen molar-refractivity contribution in [3.8, 4) is 17.0 Å². The van der Waals surface area contributed by atoms with Crippen LogP contribution in [-0.2, 0) is 7.05 Å². The van der Waals surface area contributed by atoms with Crippen LogP contribution in [0.4, 0.5) is 13.2 Å². The monoisotopic (exact) mass is 389 g/mol. The number of H-pyrrole nitrogens is 1. The molecule has 0 spiro atoms. The molecule has 1 aromatic carbocycles. The molecule has 0 aliphatic carbocycles. The van der Waals surface area contributed by atoms with E-state index < -0.39 is 6.36 Å². The third-order valence-electron chi connectivity index (χ3n) is 3.15. The molecule has 9 heteroatoms. The highest BCUT2D eigenvalue weighted by Crippen LogP contribution is 2.25. The highest BCUT2D eigenvalue weighted by molar-refractivity contribution is 5.60. The fourth-order valence-electron chi connectivity index (χ4n) is 2.21. The molecule has 3 rings (SSSR count). The van der Waals surface area contributed by atoms with Gasteiger partial charge in [0.2, 0.25) is 0 Å². The van der Waals surface area contributed by atoms with E-state index in [0.29, 0.717) is 16.9 Å². The van der Waals surface area contributed by atoms with Gasteiger partial charge < -0.3 is 26.7 Å². The molecule has 2 aromatic heterocycles. The lowest BCUT2D eigenvalue weighted by atomic mass is 10.1. The van der Waals surface area contributed by atoms with Gasteiger partial charge in [-0.2, -0.15) is 4.40 Å². The topological polar surface area (TPSA) is 50.4 Å². The smallest absolute Gasteiger partial charge is 0.573 e. The van der Waals surface area contributed by atoms with E-state index in [1.165, 1.54) is 24.3 Å². The third kappa shape index (κ3) is 3.55. The van der Waals surface area contributed by atoms with E-state index in [-0.39, 0.29) is 28.3 Å². The molecule has 0 amide bonds. The second kappa shape index (κ2) is 6.07. The molecule has 1 N–H and O–H groups in total. The van der Waals surface area contributed by atoms with Gasteiger partial charge in [0.05, 0.1) is 12.7 Å². The first-order chi connectivity index (χ1) is 10.3. The van der Waals surface area contributed by atoms with Gasteiger partial charge >= 0.3 is 17.6 Å². The highest BCUT2D eigenvalue weighted by Gasteiger charge is 2.31. The number of benzene rings is 1. The lowest BCUT2D eigenvalue weighted by molar-refractivity contribution is -0.645. The number of halogens is 4. The number of ether oxygens (including phenoxy) is 1. The number of aromatic amines is 1. The zero-order valence-electron chi connectivity index (χ0n) is 11.8. The number of alkyl halides is 3. The Kier molecular flexibility index (Phi) is 4.51. The van der Waals surface area contributed by atoms with Crippen LogP contribution in [-0.4, -0.2) is 15.7 Å². The quantitative estimate of drug-likeness (QED) is 0.573. The first-order valence-corrected chi connectivity index (χ1v) is 6.29. The summed E-state index contributed by atoms with van der Waals surface area (Å²) in [6.07, 6.45) is 0.412. The number of nitrogens with zero attached hydrogens (tertiary/aromatic N) is 2.